The monoisotopic (exact) mass is 717 g/mol. The van der Waals surface area contributed by atoms with E-state index in [9.17, 15) is 19.9 Å². The van der Waals surface area contributed by atoms with Crippen molar-refractivity contribution in [3.8, 4) is 34.8 Å². The number of halogens is 4. The fourth-order valence-electron chi connectivity index (χ4n) is 4.45. The summed E-state index contributed by atoms with van der Waals surface area (Å²) in [6, 6.07) is 42.3. The van der Waals surface area contributed by atoms with E-state index in [0.29, 0.717) is 29.2 Å². The van der Waals surface area contributed by atoms with E-state index in [0.717, 1.165) is 27.8 Å². The highest BCUT2D eigenvalue weighted by Crippen LogP contribution is 2.61. The van der Waals surface area contributed by atoms with Crippen molar-refractivity contribution in [1.82, 2.24) is 9.97 Å². The zero-order valence-corrected chi connectivity index (χ0v) is 28.2. The molecule has 0 radical (unpaired) electrons. The first-order chi connectivity index (χ1) is 22.6. The van der Waals surface area contributed by atoms with Gasteiger partial charge in [-0.2, -0.15) is 10.5 Å². The third-order valence-corrected chi connectivity index (χ3v) is 6.77. The summed E-state index contributed by atoms with van der Waals surface area (Å²) in [5, 5.41) is 15.5. The molecule has 47 heavy (non-hydrogen) atoms. The van der Waals surface area contributed by atoms with Crippen LogP contribution in [0.3, 0.4) is 0 Å². The summed E-state index contributed by atoms with van der Waals surface area (Å²) in [7, 11) is 0. The molecule has 0 bridgehead atoms. The molecule has 1 aromatic heterocycles. The molecule has 0 unspecified atom stereocenters. The Balaban J connectivity index is 0.000000225. The zero-order valence-electron chi connectivity index (χ0n) is 24.3. The summed E-state index contributed by atoms with van der Waals surface area (Å²) < 4.78 is 9.51. The van der Waals surface area contributed by atoms with Crippen LogP contribution in [0.25, 0.3) is 28.2 Å². The molecule has 5 aromatic rings. The van der Waals surface area contributed by atoms with Gasteiger partial charge in [0, 0.05) is 19.0 Å². The predicted molar refractivity (Wildman–Crippen MR) is 191 cm³/mol. The second-order valence-electron chi connectivity index (χ2n) is 9.54. The van der Waals surface area contributed by atoms with Crippen molar-refractivity contribution in [2.75, 3.05) is 0 Å². The number of benzene rings is 4. The smallest absolute Gasteiger partial charge is 0.271 e. The van der Waals surface area contributed by atoms with E-state index in [-0.39, 0.29) is 12.2 Å². The maximum Gasteiger partial charge on any atom is 0.339 e. The lowest BCUT2D eigenvalue weighted by Gasteiger charge is -2.16. The number of amides is 1. The first-order valence-corrected chi connectivity index (χ1v) is 18.5. The highest BCUT2D eigenvalue weighted by molar-refractivity contribution is 8.24. The Morgan fingerprint density at radius 1 is 0.660 bits per heavy atom. The van der Waals surface area contributed by atoms with Gasteiger partial charge in [-0.3, -0.25) is 9.36 Å². The van der Waals surface area contributed by atoms with Crippen LogP contribution in [0.2, 0.25) is 5.15 Å². The molecular formula is C35H24Cl4N5O2P. The van der Waals surface area contributed by atoms with Crippen molar-refractivity contribution in [1.29, 1.82) is 10.5 Å². The first-order valence-electron chi connectivity index (χ1n) is 13.7. The van der Waals surface area contributed by atoms with Gasteiger partial charge in [-0.1, -0.05) is 133 Å². The Kier molecular flexibility index (Phi) is 12.6. The minimum Gasteiger partial charge on any atom is -0.271 e. The van der Waals surface area contributed by atoms with Gasteiger partial charge in [0.2, 0.25) is 0 Å². The van der Waals surface area contributed by atoms with Gasteiger partial charge in [-0.15, -0.1) is 0 Å². The van der Waals surface area contributed by atoms with Crippen LogP contribution in [0, 0.1) is 22.7 Å². The van der Waals surface area contributed by atoms with E-state index in [4.69, 9.17) is 11.6 Å². The van der Waals surface area contributed by atoms with Crippen LogP contribution in [0.4, 0.5) is 0 Å². The number of rotatable bonds is 4. The molecule has 7 nitrogen and oxygen atoms in total. The van der Waals surface area contributed by atoms with Crippen LogP contribution in [-0.4, -0.2) is 21.6 Å². The first kappa shape index (κ1) is 35.3. The summed E-state index contributed by atoms with van der Waals surface area (Å²) in [4.78, 5) is 25.0. The highest BCUT2D eigenvalue weighted by Gasteiger charge is 2.24. The summed E-state index contributed by atoms with van der Waals surface area (Å²) in [5.74, 6) is 0.0555. The average Bonchev–Trinajstić information content (AvgIpc) is 3.08. The van der Waals surface area contributed by atoms with Crippen molar-refractivity contribution in [3.63, 3.8) is 0 Å². The van der Waals surface area contributed by atoms with Gasteiger partial charge in [-0.05, 0) is 50.4 Å². The topological polar surface area (TPSA) is 120 Å². The number of allylic oxidation sites excluding steroid dienone is 1. The van der Waals surface area contributed by atoms with Crippen molar-refractivity contribution in [3.05, 3.63) is 149 Å². The molecule has 12 heteroatoms. The molecule has 0 saturated carbocycles. The standard InChI is InChI=1S/C18H12N2O.C17H10ClN3.Cl3OP.H2/c19-12-16-15(13-7-3-1-4-8-13)11-17(20-18(16)21)14-9-5-2-6-10-14;18-16-14(11-19)15(12-7-3-1-4-8-12)20-17(21-16)13-9-5-2-6-10-13;1-5(2,3)4;/h1-10H,11H2;1-10H;;1H. The maximum atomic E-state index is 12.1. The second-order valence-corrected chi connectivity index (χ2v) is 16.5. The minimum absolute atomic E-state index is 0. The van der Waals surface area contributed by atoms with Crippen LogP contribution in [0.15, 0.2) is 132 Å². The lowest BCUT2D eigenvalue weighted by molar-refractivity contribution is -0.114. The molecular weight excluding hydrogens is 695 g/mol. The van der Waals surface area contributed by atoms with E-state index < -0.39 is 11.1 Å². The van der Waals surface area contributed by atoms with Crippen LogP contribution in [-0.2, 0) is 9.36 Å². The van der Waals surface area contributed by atoms with Crippen LogP contribution >= 0.6 is 50.5 Å². The summed E-state index contributed by atoms with van der Waals surface area (Å²) in [6.45, 7) is 0. The quantitative estimate of drug-likeness (QED) is 0.135. The Hall–Kier alpha value is -4.59. The van der Waals surface area contributed by atoms with Crippen molar-refractivity contribution >= 4 is 67.7 Å². The minimum atomic E-state index is -3.22. The molecule has 1 aliphatic rings. The predicted octanol–water partition coefficient (Wildman–Crippen LogP) is 10.8. The number of carbonyl (C=O) groups excluding carboxylic acids is 1. The molecule has 0 fully saturated rings. The average molecular weight is 719 g/mol. The van der Waals surface area contributed by atoms with Crippen LogP contribution < -0.4 is 0 Å². The van der Waals surface area contributed by atoms with Crippen LogP contribution in [0.5, 0.6) is 0 Å². The molecule has 0 saturated heterocycles. The van der Waals surface area contributed by atoms with Gasteiger partial charge in [0.15, 0.2) is 11.0 Å². The van der Waals surface area contributed by atoms with Crippen molar-refractivity contribution in [2.45, 2.75) is 6.42 Å². The van der Waals surface area contributed by atoms with E-state index in [1.807, 2.05) is 127 Å². The fraction of sp³-hybridized carbons (Fsp3) is 0.0286. The molecule has 0 atom stereocenters. The molecule has 4 aromatic carbocycles. The second kappa shape index (κ2) is 16.8. The van der Waals surface area contributed by atoms with Crippen LogP contribution in [0.1, 0.15) is 24.5 Å². The van der Waals surface area contributed by atoms with E-state index in [1.54, 1.807) is 0 Å². The lowest BCUT2D eigenvalue weighted by Crippen LogP contribution is -2.15. The Morgan fingerprint density at radius 2 is 1.11 bits per heavy atom. The Bertz CT molecular complexity index is 2060. The van der Waals surface area contributed by atoms with Gasteiger partial charge in [-0.25, -0.2) is 15.0 Å². The molecule has 2 heterocycles. The fourth-order valence-corrected chi connectivity index (χ4v) is 4.67. The molecule has 1 amide bonds. The number of nitriles is 2. The number of aliphatic imine (C=N–C) groups is 1. The molecule has 0 aliphatic carbocycles. The van der Waals surface area contributed by atoms with Gasteiger partial charge in [0.05, 0.1) is 11.4 Å². The summed E-state index contributed by atoms with van der Waals surface area (Å²) in [6.07, 6.45) is 0.489. The molecule has 6 rings (SSSR count). The third kappa shape index (κ3) is 10.2. The van der Waals surface area contributed by atoms with E-state index in [2.05, 4.69) is 54.8 Å². The normalized spacial score (nSPS) is 12.3. The number of dihydropyridines is 1. The highest BCUT2D eigenvalue weighted by atomic mass is 36.0. The maximum absolute atomic E-state index is 12.1. The van der Waals surface area contributed by atoms with E-state index >= 15 is 0 Å². The van der Waals surface area contributed by atoms with Gasteiger partial charge < -0.3 is 0 Å². The number of hydrogen-bond donors (Lipinski definition) is 0. The van der Waals surface area contributed by atoms with Crippen molar-refractivity contribution < 1.29 is 10.8 Å². The summed E-state index contributed by atoms with van der Waals surface area (Å²) >= 11 is 20.0. The molecule has 0 spiro atoms. The van der Waals surface area contributed by atoms with Gasteiger partial charge in [0.1, 0.15) is 23.3 Å². The lowest BCUT2D eigenvalue weighted by atomic mass is 9.90. The SMILES string of the molecule is N#CC1=C(c2ccccc2)CC(c2ccccc2)=NC1=O.N#Cc1c(Cl)nc(-c2ccccc2)nc1-c1ccccc1.O=P(Cl)(Cl)Cl.[HH]. The van der Waals surface area contributed by atoms with Gasteiger partial charge >= 0.3 is 5.20 Å². The number of nitrogens with zero attached hydrogens (tertiary/aromatic N) is 5. The van der Waals surface area contributed by atoms with Crippen molar-refractivity contribution in [2.24, 2.45) is 4.99 Å². The molecule has 1 aliphatic heterocycles. The molecule has 234 valence electrons. The molecule has 0 N–H and O–H groups in total. The zero-order chi connectivity index (χ0) is 33.8. The Labute approximate surface area is 292 Å². The third-order valence-electron chi connectivity index (χ3n) is 6.49. The van der Waals surface area contributed by atoms with Gasteiger partial charge in [0.25, 0.3) is 5.91 Å². The summed E-state index contributed by atoms with van der Waals surface area (Å²) in [5.41, 5.74) is 5.95. The van der Waals surface area contributed by atoms with E-state index in [1.165, 1.54) is 0 Å². The number of carbonyl (C=O) groups is 1. The Morgan fingerprint density at radius 3 is 1.57 bits per heavy atom. The number of aromatic nitrogens is 2. The largest absolute Gasteiger partial charge is 0.339 e. The number of hydrogen-bond acceptors (Lipinski definition) is 6.